The predicted octanol–water partition coefficient (Wildman–Crippen LogP) is 2.19. The van der Waals surface area contributed by atoms with Gasteiger partial charge >= 0.3 is 17.9 Å². The number of nitrogens with zero attached hydrogens (tertiary/aromatic N) is 1. The topological polar surface area (TPSA) is 110 Å². The van der Waals surface area contributed by atoms with Gasteiger partial charge in [0, 0.05) is 22.1 Å². The van der Waals surface area contributed by atoms with Gasteiger partial charge in [0.05, 0.1) is 7.11 Å². The maximum absolute atomic E-state index is 12.9. The molecule has 0 radical (unpaired) electrons. The van der Waals surface area contributed by atoms with E-state index in [-0.39, 0.29) is 11.3 Å². The summed E-state index contributed by atoms with van der Waals surface area (Å²) in [6.45, 7) is 4.94. The zero-order chi connectivity index (χ0) is 23.5. The van der Waals surface area contributed by atoms with Crippen molar-refractivity contribution >= 4 is 58.0 Å². The second kappa shape index (κ2) is 9.78. The molecule has 0 saturated carbocycles. The van der Waals surface area contributed by atoms with Gasteiger partial charge in [-0.2, -0.15) is 0 Å². The quantitative estimate of drug-likeness (QED) is 0.357. The molecule has 1 aliphatic heterocycles. The number of hydrogen-bond acceptors (Lipinski definition) is 8. The Bertz CT molecular complexity index is 885. The van der Waals surface area contributed by atoms with E-state index in [2.05, 4.69) is 0 Å². The lowest BCUT2D eigenvalue weighted by atomic mass is 9.89. The van der Waals surface area contributed by atoms with Gasteiger partial charge in [0.15, 0.2) is 0 Å². The highest BCUT2D eigenvalue weighted by atomic mass is 32.1. The first-order valence-corrected chi connectivity index (χ1v) is 10.5. The van der Waals surface area contributed by atoms with Gasteiger partial charge in [-0.25, -0.2) is 9.59 Å². The Morgan fingerprint density at radius 3 is 2.42 bits per heavy atom. The fourth-order valence-corrected chi connectivity index (χ4v) is 4.20. The van der Waals surface area contributed by atoms with Gasteiger partial charge in [0.1, 0.15) is 24.1 Å². The van der Waals surface area contributed by atoms with Crippen molar-refractivity contribution in [3.63, 3.8) is 0 Å². The van der Waals surface area contributed by atoms with Crippen molar-refractivity contribution in [2.75, 3.05) is 7.11 Å². The summed E-state index contributed by atoms with van der Waals surface area (Å²) in [4.78, 5) is 51.5. The molecule has 10 heteroatoms. The first kappa shape index (κ1) is 24.8. The fraction of sp³-hybridized carbons (Fsp3) is 0.524. The van der Waals surface area contributed by atoms with Gasteiger partial charge in [0.25, 0.3) is 0 Å². The maximum atomic E-state index is 12.9. The molecule has 2 aliphatic rings. The van der Waals surface area contributed by atoms with E-state index in [1.165, 1.54) is 0 Å². The highest BCUT2D eigenvalue weighted by molar-refractivity contribution is 7.81. The van der Waals surface area contributed by atoms with Crippen LogP contribution in [0, 0.1) is 5.92 Å². The number of likely N-dealkylation sites (tertiary alicyclic amines) is 1. The lowest BCUT2D eigenvalue weighted by Gasteiger charge is -2.28. The van der Waals surface area contributed by atoms with Gasteiger partial charge in [-0.05, 0) is 38.8 Å². The minimum Gasteiger partial charge on any atom is -0.480 e. The van der Waals surface area contributed by atoms with Crippen LogP contribution in [0.3, 0.4) is 0 Å². The predicted molar refractivity (Wildman–Crippen MR) is 120 cm³/mol. The number of esters is 2. The smallest absolute Gasteiger partial charge is 0.328 e. The van der Waals surface area contributed by atoms with E-state index in [1.54, 1.807) is 32.9 Å². The van der Waals surface area contributed by atoms with Crippen LogP contribution in [-0.2, 0) is 28.7 Å². The molecule has 0 spiro atoms. The van der Waals surface area contributed by atoms with E-state index in [0.717, 1.165) is 12.0 Å². The molecule has 168 valence electrons. The summed E-state index contributed by atoms with van der Waals surface area (Å²) in [6, 6.07) is -2.62. The van der Waals surface area contributed by atoms with Crippen LogP contribution >= 0.6 is 24.4 Å². The molecule has 1 fully saturated rings. The second-order valence-electron chi connectivity index (χ2n) is 8.27. The fourth-order valence-electron chi connectivity index (χ4n) is 3.63. The van der Waals surface area contributed by atoms with E-state index >= 15 is 0 Å². The minimum atomic E-state index is -1.43. The van der Waals surface area contributed by atoms with E-state index in [0.29, 0.717) is 16.9 Å². The van der Waals surface area contributed by atoms with Crippen molar-refractivity contribution in [1.82, 2.24) is 4.90 Å². The van der Waals surface area contributed by atoms with Crippen LogP contribution in [0.4, 0.5) is 0 Å². The normalized spacial score (nSPS) is 23.2. The third kappa shape index (κ3) is 6.04. The monoisotopic (exact) mass is 467 g/mol. The number of carboxylic acid groups (broad SMARTS) is 1. The number of aliphatic carboxylic acids is 1. The molecule has 0 bridgehead atoms. The lowest BCUT2D eigenvalue weighted by Crippen LogP contribution is -2.50. The molecule has 1 aliphatic carbocycles. The number of allylic oxidation sites excluding steroid dienone is 4. The summed E-state index contributed by atoms with van der Waals surface area (Å²) in [5.74, 6) is -4.61. The number of rotatable bonds is 6. The molecule has 8 nitrogen and oxygen atoms in total. The van der Waals surface area contributed by atoms with Crippen molar-refractivity contribution in [3.8, 4) is 0 Å². The minimum absolute atomic E-state index is 0.0412. The summed E-state index contributed by atoms with van der Waals surface area (Å²) in [5.41, 5.74) is -0.244. The number of methoxy groups -OCH3 is 1. The molecular formula is C21H25NO7S2. The van der Waals surface area contributed by atoms with Crippen molar-refractivity contribution in [2.45, 2.75) is 57.7 Å². The first-order chi connectivity index (χ1) is 14.4. The summed E-state index contributed by atoms with van der Waals surface area (Å²) in [5, 5.41) is 9.91. The molecule has 3 unspecified atom stereocenters. The maximum Gasteiger partial charge on any atom is 0.328 e. The summed E-state index contributed by atoms with van der Waals surface area (Å²) in [6.07, 6.45) is 5.09. The Morgan fingerprint density at radius 2 is 1.90 bits per heavy atom. The van der Waals surface area contributed by atoms with Crippen LogP contribution in [0.5, 0.6) is 0 Å². The molecule has 1 saturated heterocycles. The van der Waals surface area contributed by atoms with Crippen LogP contribution in [0.25, 0.3) is 0 Å². The number of thiocarbonyl (C=S) groups is 2. The van der Waals surface area contributed by atoms with Crippen LogP contribution in [-0.4, -0.2) is 68.3 Å². The Labute approximate surface area is 191 Å². The summed E-state index contributed by atoms with van der Waals surface area (Å²) in [7, 11) is 1.14. The zero-order valence-corrected chi connectivity index (χ0v) is 19.4. The molecule has 0 aromatic rings. The summed E-state index contributed by atoms with van der Waals surface area (Å²) >= 11 is 10.7. The molecule has 1 heterocycles. The number of ether oxygens (including phenoxy) is 2. The molecule has 1 N–H and O–H groups in total. The lowest BCUT2D eigenvalue weighted by molar-refractivity contribution is -0.164. The molecule has 3 atom stereocenters. The highest BCUT2D eigenvalue weighted by Gasteiger charge is 2.52. The van der Waals surface area contributed by atoms with Gasteiger partial charge < -0.3 is 19.5 Å². The Kier molecular flexibility index (Phi) is 7.82. The highest BCUT2D eigenvalue weighted by Crippen LogP contribution is 2.35. The Balaban J connectivity index is 2.38. The Hall–Kier alpha value is -2.46. The number of carboxylic acids is 1. The van der Waals surface area contributed by atoms with E-state index in [4.69, 9.17) is 33.9 Å². The second-order valence-corrected chi connectivity index (χ2v) is 9.23. The number of amides is 1. The average molecular weight is 468 g/mol. The Morgan fingerprint density at radius 1 is 1.26 bits per heavy atom. The molecule has 0 aromatic heterocycles. The molecule has 0 aromatic carbocycles. The van der Waals surface area contributed by atoms with Crippen molar-refractivity contribution < 1.29 is 33.8 Å². The molecule has 2 rings (SSSR count). The van der Waals surface area contributed by atoms with Crippen LogP contribution < -0.4 is 0 Å². The van der Waals surface area contributed by atoms with Gasteiger partial charge in [-0.3, -0.25) is 9.59 Å². The SMILES string of the molecule is COC(=O)C1CC(C(=S)C2=CC(=S)CC=C2)C(C(=O)O)N1C(=O)CC(=O)OC(C)(C)C. The van der Waals surface area contributed by atoms with Crippen molar-refractivity contribution in [2.24, 2.45) is 5.92 Å². The van der Waals surface area contributed by atoms with Crippen molar-refractivity contribution in [1.29, 1.82) is 0 Å². The van der Waals surface area contributed by atoms with Crippen LogP contribution in [0.15, 0.2) is 23.8 Å². The number of hydrogen-bond donors (Lipinski definition) is 1. The zero-order valence-electron chi connectivity index (χ0n) is 17.7. The van der Waals surface area contributed by atoms with Crippen LogP contribution in [0.1, 0.15) is 40.0 Å². The van der Waals surface area contributed by atoms with Crippen molar-refractivity contribution in [3.05, 3.63) is 23.8 Å². The van der Waals surface area contributed by atoms with Gasteiger partial charge in [-0.1, -0.05) is 36.6 Å². The van der Waals surface area contributed by atoms with E-state index in [9.17, 15) is 24.3 Å². The van der Waals surface area contributed by atoms with E-state index < -0.39 is 53.8 Å². The van der Waals surface area contributed by atoms with Gasteiger partial charge in [0.2, 0.25) is 5.91 Å². The first-order valence-electron chi connectivity index (χ1n) is 9.64. The van der Waals surface area contributed by atoms with Gasteiger partial charge in [-0.15, -0.1) is 0 Å². The average Bonchev–Trinajstić information content (AvgIpc) is 3.06. The molecule has 1 amide bonds. The molecule has 31 heavy (non-hydrogen) atoms. The third-order valence-electron chi connectivity index (χ3n) is 4.78. The standard InChI is InChI=1S/C21H25NO7S2/c1-21(2,3)29-16(24)10-15(23)22-14(20(27)28-4)9-13(17(22)19(25)26)18(31)11-6-5-7-12(30)8-11/h5-6,8,13-14,17H,7,9-10H2,1-4H3,(H,25,26). The number of carbonyl (C=O) groups excluding carboxylic acids is 3. The summed E-state index contributed by atoms with van der Waals surface area (Å²) < 4.78 is 9.94. The number of carbonyl (C=O) groups is 4. The third-order valence-corrected chi connectivity index (χ3v) is 5.60. The largest absolute Gasteiger partial charge is 0.480 e. The van der Waals surface area contributed by atoms with E-state index in [1.807, 2.05) is 6.08 Å². The molecular weight excluding hydrogens is 442 g/mol. The van der Waals surface area contributed by atoms with Crippen LogP contribution in [0.2, 0.25) is 0 Å².